The monoisotopic (exact) mass is 354 g/mol. The average molecular weight is 354 g/mol. The molecule has 7 heteroatoms. The second-order valence-corrected chi connectivity index (χ2v) is 8.13. The van der Waals surface area contributed by atoms with Crippen molar-refractivity contribution in [3.63, 3.8) is 0 Å². The van der Waals surface area contributed by atoms with Gasteiger partial charge in [-0.25, -0.2) is 13.2 Å². The van der Waals surface area contributed by atoms with Crippen molar-refractivity contribution in [3.05, 3.63) is 29.8 Å². The molecule has 6 nitrogen and oxygen atoms in total. The van der Waals surface area contributed by atoms with Gasteiger partial charge in [0.15, 0.2) is 0 Å². The number of sulfonamides is 1. The van der Waals surface area contributed by atoms with E-state index in [9.17, 15) is 18.3 Å². The van der Waals surface area contributed by atoms with E-state index < -0.39 is 21.8 Å². The van der Waals surface area contributed by atoms with E-state index in [1.165, 1.54) is 4.90 Å². The average Bonchev–Trinajstić information content (AvgIpc) is 2.96. The number of aryl methyl sites for hydroxylation is 1. The predicted molar refractivity (Wildman–Crippen MR) is 92.3 cm³/mol. The molecule has 0 spiro atoms. The van der Waals surface area contributed by atoms with Gasteiger partial charge < -0.3 is 5.11 Å². The van der Waals surface area contributed by atoms with Gasteiger partial charge in [-0.15, -0.1) is 0 Å². The Morgan fingerprint density at radius 3 is 2.33 bits per heavy atom. The Balaban J connectivity index is 2.32. The van der Waals surface area contributed by atoms with Crippen LogP contribution in [0.25, 0.3) is 0 Å². The predicted octanol–water partition coefficient (Wildman–Crippen LogP) is 3.32. The van der Waals surface area contributed by atoms with E-state index in [0.717, 1.165) is 24.8 Å². The number of rotatable bonds is 7. The van der Waals surface area contributed by atoms with Crippen molar-refractivity contribution >= 4 is 16.1 Å². The molecule has 1 fully saturated rings. The molecule has 2 N–H and O–H groups in total. The number of carboxylic acid groups (broad SMARTS) is 1. The Bertz CT molecular complexity index is 664. The lowest BCUT2D eigenvalue weighted by molar-refractivity contribution is 0.0693. The maximum absolute atomic E-state index is 12.8. The molecule has 0 radical (unpaired) electrons. The third-order valence-electron chi connectivity index (χ3n) is 4.57. The van der Waals surface area contributed by atoms with Crippen molar-refractivity contribution < 1.29 is 18.3 Å². The number of benzene rings is 1. The first-order chi connectivity index (χ1) is 11.3. The molecule has 134 valence electrons. The molecular formula is C17H26N2O4S. The second kappa shape index (κ2) is 7.53. The molecular weight excluding hydrogens is 328 g/mol. The van der Waals surface area contributed by atoms with Gasteiger partial charge in [-0.05, 0) is 51.2 Å². The van der Waals surface area contributed by atoms with E-state index in [1.54, 1.807) is 24.3 Å². The summed E-state index contributed by atoms with van der Waals surface area (Å²) < 4.78 is 28.3. The van der Waals surface area contributed by atoms with Crippen molar-refractivity contribution in [2.45, 2.75) is 62.9 Å². The molecule has 0 aromatic heterocycles. The van der Waals surface area contributed by atoms with Gasteiger partial charge in [0, 0.05) is 6.54 Å². The maximum Gasteiger partial charge on any atom is 0.408 e. The molecule has 1 saturated carbocycles. The summed E-state index contributed by atoms with van der Waals surface area (Å²) >= 11 is 0. The Morgan fingerprint density at radius 2 is 1.83 bits per heavy atom. The van der Waals surface area contributed by atoms with Crippen LogP contribution in [0.15, 0.2) is 29.2 Å². The number of nitrogens with zero attached hydrogens (tertiary/aromatic N) is 1. The second-order valence-electron chi connectivity index (χ2n) is 6.45. The first-order valence-corrected chi connectivity index (χ1v) is 9.90. The molecule has 0 bridgehead atoms. The van der Waals surface area contributed by atoms with Crippen molar-refractivity contribution in [1.29, 1.82) is 0 Å². The molecule has 0 saturated heterocycles. The van der Waals surface area contributed by atoms with Crippen LogP contribution in [0.2, 0.25) is 0 Å². The van der Waals surface area contributed by atoms with Gasteiger partial charge in [-0.3, -0.25) is 4.90 Å². The Hall–Kier alpha value is -1.60. The zero-order valence-electron chi connectivity index (χ0n) is 14.3. The highest BCUT2D eigenvalue weighted by Crippen LogP contribution is 2.35. The first kappa shape index (κ1) is 18.7. The zero-order valence-corrected chi connectivity index (χ0v) is 15.1. The van der Waals surface area contributed by atoms with Crippen LogP contribution in [0.1, 0.15) is 51.0 Å². The van der Waals surface area contributed by atoms with E-state index in [2.05, 4.69) is 4.72 Å². The number of unbranched alkanes of at least 4 members (excludes halogenated alkanes) is 1. The van der Waals surface area contributed by atoms with Crippen molar-refractivity contribution in [2.24, 2.45) is 0 Å². The highest BCUT2D eigenvalue weighted by atomic mass is 32.2. The largest absolute Gasteiger partial charge is 0.465 e. The summed E-state index contributed by atoms with van der Waals surface area (Å²) in [6, 6.07) is 6.58. The Kier molecular flexibility index (Phi) is 5.87. The van der Waals surface area contributed by atoms with E-state index in [-0.39, 0.29) is 4.90 Å². The van der Waals surface area contributed by atoms with Crippen LogP contribution in [-0.4, -0.2) is 36.7 Å². The first-order valence-electron chi connectivity index (χ1n) is 8.42. The fraction of sp³-hybridized carbons (Fsp3) is 0.588. The minimum absolute atomic E-state index is 0.167. The molecule has 24 heavy (non-hydrogen) atoms. The van der Waals surface area contributed by atoms with Crippen LogP contribution in [0.5, 0.6) is 0 Å². The molecule has 0 heterocycles. The molecule has 0 atom stereocenters. The lowest BCUT2D eigenvalue weighted by Crippen LogP contribution is -2.60. The molecule has 0 aliphatic heterocycles. The van der Waals surface area contributed by atoms with Gasteiger partial charge in [0.25, 0.3) is 0 Å². The number of carbonyl (C=O) groups is 1. The molecule has 2 rings (SSSR count). The molecule has 1 aromatic rings. The lowest BCUT2D eigenvalue weighted by Gasteiger charge is -2.39. The number of amides is 1. The Morgan fingerprint density at radius 1 is 1.25 bits per heavy atom. The highest BCUT2D eigenvalue weighted by molar-refractivity contribution is 7.89. The summed E-state index contributed by atoms with van der Waals surface area (Å²) in [5.41, 5.74) is -0.0651. The normalized spacial score (nSPS) is 16.9. The highest BCUT2D eigenvalue weighted by Gasteiger charge is 2.45. The molecule has 1 aliphatic carbocycles. The molecule has 1 aromatic carbocycles. The molecule has 0 unspecified atom stereocenters. The quantitative estimate of drug-likeness (QED) is 0.735. The van der Waals surface area contributed by atoms with E-state index >= 15 is 0 Å². The number of nitrogens with one attached hydrogen (secondary N) is 1. The van der Waals surface area contributed by atoms with E-state index in [4.69, 9.17) is 0 Å². The molecule has 1 amide bonds. The number of hydrogen-bond acceptors (Lipinski definition) is 3. The summed E-state index contributed by atoms with van der Waals surface area (Å²) in [5, 5.41) is 9.62. The van der Waals surface area contributed by atoms with Gasteiger partial charge in [-0.2, -0.15) is 4.72 Å². The summed E-state index contributed by atoms with van der Waals surface area (Å²) in [5.74, 6) is 0. The van der Waals surface area contributed by atoms with Gasteiger partial charge in [0.1, 0.15) is 5.66 Å². The third kappa shape index (κ3) is 4.08. The van der Waals surface area contributed by atoms with E-state index in [1.807, 2.05) is 13.8 Å². The number of hydrogen-bond donors (Lipinski definition) is 2. The lowest BCUT2D eigenvalue weighted by atomic mass is 10.1. The summed E-state index contributed by atoms with van der Waals surface area (Å²) in [6.45, 7) is 4.21. The minimum Gasteiger partial charge on any atom is -0.465 e. The fourth-order valence-electron chi connectivity index (χ4n) is 3.22. The smallest absolute Gasteiger partial charge is 0.408 e. The Labute approximate surface area is 143 Å². The van der Waals surface area contributed by atoms with Gasteiger partial charge >= 0.3 is 6.09 Å². The maximum atomic E-state index is 12.8. The van der Waals surface area contributed by atoms with Crippen LogP contribution in [0, 0.1) is 6.92 Å². The van der Waals surface area contributed by atoms with Crippen LogP contribution in [0.4, 0.5) is 4.79 Å². The van der Waals surface area contributed by atoms with Crippen LogP contribution in [0.3, 0.4) is 0 Å². The van der Waals surface area contributed by atoms with Crippen LogP contribution < -0.4 is 4.72 Å². The summed E-state index contributed by atoms with van der Waals surface area (Å²) in [4.78, 5) is 13.2. The van der Waals surface area contributed by atoms with Gasteiger partial charge in [-0.1, -0.05) is 31.0 Å². The summed E-state index contributed by atoms with van der Waals surface area (Å²) in [6.07, 6.45) is 3.13. The minimum atomic E-state index is -3.78. The van der Waals surface area contributed by atoms with Gasteiger partial charge in [0.2, 0.25) is 10.0 Å². The fourth-order valence-corrected chi connectivity index (χ4v) is 4.65. The zero-order chi connectivity index (χ0) is 17.8. The van der Waals surface area contributed by atoms with Crippen molar-refractivity contribution in [1.82, 2.24) is 9.62 Å². The molecule has 1 aliphatic rings. The SMILES string of the molecule is CCCCN(C(=O)O)C1(NS(=O)(=O)c2ccc(C)cc2)CCCC1. The topological polar surface area (TPSA) is 86.7 Å². The third-order valence-corrected chi connectivity index (χ3v) is 6.11. The standard InChI is InChI=1S/C17H26N2O4S/c1-3-4-13-19(16(20)21)17(11-5-6-12-17)18-24(22,23)15-9-7-14(2)8-10-15/h7-10,18H,3-6,11-13H2,1-2H3,(H,20,21). The van der Waals surface area contributed by atoms with Crippen molar-refractivity contribution in [2.75, 3.05) is 6.54 Å². The van der Waals surface area contributed by atoms with Crippen LogP contribution in [-0.2, 0) is 10.0 Å². The van der Waals surface area contributed by atoms with Gasteiger partial charge in [0.05, 0.1) is 4.90 Å². The van der Waals surface area contributed by atoms with E-state index in [0.29, 0.717) is 25.8 Å². The summed E-state index contributed by atoms with van der Waals surface area (Å²) in [7, 11) is -3.78. The van der Waals surface area contributed by atoms with Crippen LogP contribution >= 0.6 is 0 Å². The van der Waals surface area contributed by atoms with Crippen molar-refractivity contribution in [3.8, 4) is 0 Å².